The van der Waals surface area contributed by atoms with Gasteiger partial charge in [0.2, 0.25) is 5.91 Å². The second kappa shape index (κ2) is 6.44. The van der Waals surface area contributed by atoms with Crippen molar-refractivity contribution < 1.29 is 4.79 Å². The third kappa shape index (κ3) is 3.85. The molecule has 0 heterocycles. The predicted molar refractivity (Wildman–Crippen MR) is 89.0 cm³/mol. The monoisotopic (exact) mass is 282 g/mol. The van der Waals surface area contributed by atoms with Gasteiger partial charge in [0.25, 0.3) is 0 Å². The average molecular weight is 282 g/mol. The summed E-state index contributed by atoms with van der Waals surface area (Å²) in [5.74, 6) is 0.0721. The van der Waals surface area contributed by atoms with Gasteiger partial charge in [-0.15, -0.1) is 0 Å². The van der Waals surface area contributed by atoms with Gasteiger partial charge < -0.3 is 9.80 Å². The number of amides is 1. The predicted octanol–water partition coefficient (Wildman–Crippen LogP) is 3.40. The Morgan fingerprint density at radius 1 is 0.905 bits per heavy atom. The van der Waals surface area contributed by atoms with Crippen molar-refractivity contribution in [3.8, 4) is 0 Å². The van der Waals surface area contributed by atoms with Crippen molar-refractivity contribution in [1.82, 2.24) is 0 Å². The molecule has 2 aromatic carbocycles. The van der Waals surface area contributed by atoms with Gasteiger partial charge in [-0.1, -0.05) is 24.3 Å². The highest BCUT2D eigenvalue weighted by atomic mass is 16.2. The third-order valence-electron chi connectivity index (χ3n) is 3.54. The van der Waals surface area contributed by atoms with E-state index in [9.17, 15) is 4.79 Å². The molecule has 0 N–H and O–H groups in total. The highest BCUT2D eigenvalue weighted by molar-refractivity contribution is 5.95. The standard InChI is InChI=1S/C18H22N2O/c1-14-10-15(2)12-17(11-14)19(3)13-18(21)20(4)16-8-6-5-7-9-16/h5-12H,13H2,1-4H3. The number of para-hydroxylation sites is 1. The van der Waals surface area contributed by atoms with Crippen LogP contribution in [0.3, 0.4) is 0 Å². The molecule has 0 radical (unpaired) electrons. The van der Waals surface area contributed by atoms with Crippen LogP contribution in [0.25, 0.3) is 0 Å². The fraction of sp³-hybridized carbons (Fsp3) is 0.278. The van der Waals surface area contributed by atoms with E-state index in [0.717, 1.165) is 11.4 Å². The van der Waals surface area contributed by atoms with Gasteiger partial charge in [0.15, 0.2) is 0 Å². The van der Waals surface area contributed by atoms with E-state index in [1.165, 1.54) is 11.1 Å². The molecule has 3 heteroatoms. The summed E-state index contributed by atoms with van der Waals surface area (Å²) >= 11 is 0. The number of hydrogen-bond donors (Lipinski definition) is 0. The van der Waals surface area contributed by atoms with E-state index in [4.69, 9.17) is 0 Å². The fourth-order valence-corrected chi connectivity index (χ4v) is 2.37. The Balaban J connectivity index is 2.08. The summed E-state index contributed by atoms with van der Waals surface area (Å²) in [5.41, 5.74) is 4.40. The second-order valence-electron chi connectivity index (χ2n) is 5.49. The first-order chi connectivity index (χ1) is 9.97. The van der Waals surface area contributed by atoms with E-state index in [1.807, 2.05) is 49.3 Å². The second-order valence-corrected chi connectivity index (χ2v) is 5.49. The Bertz CT molecular complexity index is 602. The maximum Gasteiger partial charge on any atom is 0.246 e. The molecule has 21 heavy (non-hydrogen) atoms. The van der Waals surface area contributed by atoms with Gasteiger partial charge in [0, 0.05) is 25.5 Å². The molecule has 110 valence electrons. The van der Waals surface area contributed by atoms with E-state index in [1.54, 1.807) is 4.90 Å². The van der Waals surface area contributed by atoms with Gasteiger partial charge in [-0.25, -0.2) is 0 Å². The molecule has 0 aliphatic carbocycles. The number of aryl methyl sites for hydroxylation is 2. The number of anilines is 2. The molecule has 3 nitrogen and oxygen atoms in total. The largest absolute Gasteiger partial charge is 0.365 e. The molecule has 0 bridgehead atoms. The number of nitrogens with zero attached hydrogens (tertiary/aromatic N) is 2. The molecule has 0 unspecified atom stereocenters. The fourth-order valence-electron chi connectivity index (χ4n) is 2.37. The van der Waals surface area contributed by atoms with Crippen molar-refractivity contribution in [2.45, 2.75) is 13.8 Å². The smallest absolute Gasteiger partial charge is 0.246 e. The topological polar surface area (TPSA) is 23.6 Å². The van der Waals surface area contributed by atoms with Crippen LogP contribution in [0.15, 0.2) is 48.5 Å². The number of rotatable bonds is 4. The molecular formula is C18H22N2O. The number of benzene rings is 2. The molecule has 0 aromatic heterocycles. The zero-order valence-electron chi connectivity index (χ0n) is 13.1. The van der Waals surface area contributed by atoms with Crippen molar-refractivity contribution in [2.75, 3.05) is 30.4 Å². The molecule has 0 atom stereocenters. The number of carbonyl (C=O) groups excluding carboxylic acids is 1. The Morgan fingerprint density at radius 3 is 2.05 bits per heavy atom. The van der Waals surface area contributed by atoms with E-state index in [2.05, 4.69) is 32.0 Å². The van der Waals surface area contributed by atoms with Crippen LogP contribution in [0.1, 0.15) is 11.1 Å². The first-order valence-corrected chi connectivity index (χ1v) is 7.08. The number of hydrogen-bond acceptors (Lipinski definition) is 2. The lowest BCUT2D eigenvalue weighted by atomic mass is 10.1. The van der Waals surface area contributed by atoms with Crippen molar-refractivity contribution in [2.24, 2.45) is 0 Å². The minimum atomic E-state index is 0.0721. The normalized spacial score (nSPS) is 10.3. The SMILES string of the molecule is Cc1cc(C)cc(N(C)CC(=O)N(C)c2ccccc2)c1. The first-order valence-electron chi connectivity index (χ1n) is 7.08. The average Bonchev–Trinajstić information content (AvgIpc) is 2.46. The molecular weight excluding hydrogens is 260 g/mol. The zero-order valence-corrected chi connectivity index (χ0v) is 13.1. The van der Waals surface area contributed by atoms with Crippen molar-refractivity contribution >= 4 is 17.3 Å². The summed E-state index contributed by atoms with van der Waals surface area (Å²) in [4.78, 5) is 16.1. The molecule has 0 fully saturated rings. The van der Waals surface area contributed by atoms with Crippen LogP contribution in [0, 0.1) is 13.8 Å². The summed E-state index contributed by atoms with van der Waals surface area (Å²) in [7, 11) is 3.76. The minimum Gasteiger partial charge on any atom is -0.365 e. The molecule has 0 saturated heterocycles. The summed E-state index contributed by atoms with van der Waals surface area (Å²) in [6, 6.07) is 16.0. The molecule has 0 saturated carbocycles. The number of carbonyl (C=O) groups is 1. The van der Waals surface area contributed by atoms with E-state index < -0.39 is 0 Å². The lowest BCUT2D eigenvalue weighted by Gasteiger charge is -2.24. The Labute approximate surface area is 126 Å². The van der Waals surface area contributed by atoms with Crippen LogP contribution in [-0.4, -0.2) is 26.5 Å². The van der Waals surface area contributed by atoms with E-state index in [-0.39, 0.29) is 5.91 Å². The van der Waals surface area contributed by atoms with Gasteiger partial charge in [-0.3, -0.25) is 4.79 Å². The van der Waals surface area contributed by atoms with Crippen molar-refractivity contribution in [1.29, 1.82) is 0 Å². The van der Waals surface area contributed by atoms with Crippen LogP contribution >= 0.6 is 0 Å². The van der Waals surface area contributed by atoms with Gasteiger partial charge in [0.05, 0.1) is 6.54 Å². The molecule has 0 aliphatic heterocycles. The Kier molecular flexibility index (Phi) is 4.63. The van der Waals surface area contributed by atoms with Crippen LogP contribution in [0.5, 0.6) is 0 Å². The summed E-state index contributed by atoms with van der Waals surface area (Å²) < 4.78 is 0. The van der Waals surface area contributed by atoms with Crippen LogP contribution in [0.2, 0.25) is 0 Å². The maximum absolute atomic E-state index is 12.4. The van der Waals surface area contributed by atoms with E-state index >= 15 is 0 Å². The van der Waals surface area contributed by atoms with Gasteiger partial charge in [0.1, 0.15) is 0 Å². The molecule has 2 aromatic rings. The summed E-state index contributed by atoms with van der Waals surface area (Å²) in [6.07, 6.45) is 0. The first kappa shape index (κ1) is 15.1. The van der Waals surface area contributed by atoms with Crippen LogP contribution in [-0.2, 0) is 4.79 Å². The quantitative estimate of drug-likeness (QED) is 0.858. The van der Waals surface area contributed by atoms with Gasteiger partial charge in [-0.2, -0.15) is 0 Å². The zero-order chi connectivity index (χ0) is 15.4. The lowest BCUT2D eigenvalue weighted by Crippen LogP contribution is -2.36. The highest BCUT2D eigenvalue weighted by Gasteiger charge is 2.13. The van der Waals surface area contributed by atoms with Gasteiger partial charge in [-0.05, 0) is 49.2 Å². The Morgan fingerprint density at radius 2 is 1.48 bits per heavy atom. The molecule has 0 spiro atoms. The van der Waals surface area contributed by atoms with Crippen molar-refractivity contribution in [3.63, 3.8) is 0 Å². The van der Waals surface area contributed by atoms with Crippen LogP contribution < -0.4 is 9.80 Å². The van der Waals surface area contributed by atoms with Crippen molar-refractivity contribution in [3.05, 3.63) is 59.7 Å². The Hall–Kier alpha value is -2.29. The molecule has 2 rings (SSSR count). The highest BCUT2D eigenvalue weighted by Crippen LogP contribution is 2.18. The summed E-state index contributed by atoms with van der Waals surface area (Å²) in [5, 5.41) is 0. The minimum absolute atomic E-state index is 0.0721. The maximum atomic E-state index is 12.4. The molecule has 0 aliphatic rings. The lowest BCUT2D eigenvalue weighted by molar-refractivity contribution is -0.117. The molecule has 1 amide bonds. The van der Waals surface area contributed by atoms with Gasteiger partial charge >= 0.3 is 0 Å². The van der Waals surface area contributed by atoms with Crippen LogP contribution in [0.4, 0.5) is 11.4 Å². The third-order valence-corrected chi connectivity index (χ3v) is 3.54. The van der Waals surface area contributed by atoms with E-state index in [0.29, 0.717) is 6.54 Å². The number of likely N-dealkylation sites (N-methyl/N-ethyl adjacent to an activating group) is 2. The summed E-state index contributed by atoms with van der Waals surface area (Å²) in [6.45, 7) is 4.50.